The molecule has 0 aromatic rings. The van der Waals surface area contributed by atoms with Crippen LogP contribution in [-0.4, -0.2) is 26.3 Å². The minimum atomic E-state index is -0.227. The summed E-state index contributed by atoms with van der Waals surface area (Å²) in [5.41, 5.74) is 0. The van der Waals surface area contributed by atoms with Gasteiger partial charge in [0.25, 0.3) is 0 Å². The van der Waals surface area contributed by atoms with Crippen molar-refractivity contribution < 1.29 is 14.3 Å². The van der Waals surface area contributed by atoms with Crippen molar-refractivity contribution in [3.05, 3.63) is 0 Å². The highest BCUT2D eigenvalue weighted by atomic mass is 16.5. The van der Waals surface area contributed by atoms with Gasteiger partial charge in [-0.2, -0.15) is 0 Å². The lowest BCUT2D eigenvalue weighted by Crippen LogP contribution is -2.25. The average molecular weight is 146 g/mol. The van der Waals surface area contributed by atoms with E-state index in [0.29, 0.717) is 0 Å². The molecule has 0 heterocycles. The van der Waals surface area contributed by atoms with Crippen LogP contribution >= 0.6 is 0 Å². The van der Waals surface area contributed by atoms with Crippen molar-refractivity contribution in [2.45, 2.75) is 20.0 Å². The summed E-state index contributed by atoms with van der Waals surface area (Å²) >= 11 is 0. The number of hydrogen-bond donors (Lipinski definition) is 0. The van der Waals surface area contributed by atoms with E-state index in [1.54, 1.807) is 14.0 Å². The Balaban J connectivity index is 3.81. The van der Waals surface area contributed by atoms with E-state index in [-0.39, 0.29) is 18.0 Å². The van der Waals surface area contributed by atoms with Crippen molar-refractivity contribution in [3.63, 3.8) is 0 Å². The van der Waals surface area contributed by atoms with Gasteiger partial charge in [-0.05, 0) is 13.8 Å². The van der Waals surface area contributed by atoms with E-state index >= 15 is 0 Å². The van der Waals surface area contributed by atoms with Crippen LogP contribution in [0.15, 0.2) is 0 Å². The maximum Gasteiger partial charge on any atom is 0.311 e. The van der Waals surface area contributed by atoms with Gasteiger partial charge in [-0.3, -0.25) is 4.79 Å². The van der Waals surface area contributed by atoms with E-state index in [2.05, 4.69) is 4.74 Å². The molecule has 3 heteroatoms. The number of hydrogen-bond acceptors (Lipinski definition) is 3. The highest BCUT2D eigenvalue weighted by Crippen LogP contribution is 2.06. The van der Waals surface area contributed by atoms with Gasteiger partial charge in [0.1, 0.15) is 0 Å². The van der Waals surface area contributed by atoms with Gasteiger partial charge in [0.05, 0.1) is 19.1 Å². The molecule has 0 radical (unpaired) electrons. The Morgan fingerprint density at radius 1 is 1.30 bits per heavy atom. The Hall–Kier alpha value is -0.570. The summed E-state index contributed by atoms with van der Waals surface area (Å²) in [4.78, 5) is 10.8. The van der Waals surface area contributed by atoms with Gasteiger partial charge in [0.2, 0.25) is 0 Å². The minimum absolute atomic E-state index is 0.0764. The van der Waals surface area contributed by atoms with E-state index in [9.17, 15) is 4.79 Å². The first kappa shape index (κ1) is 9.43. The third-order valence-electron chi connectivity index (χ3n) is 1.65. The van der Waals surface area contributed by atoms with Crippen molar-refractivity contribution in [2.24, 2.45) is 5.92 Å². The monoisotopic (exact) mass is 146 g/mol. The quantitative estimate of drug-likeness (QED) is 0.553. The lowest BCUT2D eigenvalue weighted by Gasteiger charge is -2.15. The molecule has 0 rings (SSSR count). The van der Waals surface area contributed by atoms with Gasteiger partial charge < -0.3 is 9.47 Å². The molecule has 0 N–H and O–H groups in total. The lowest BCUT2D eigenvalue weighted by atomic mass is 10.1. The van der Waals surface area contributed by atoms with E-state index < -0.39 is 0 Å². The largest absolute Gasteiger partial charge is 0.469 e. The molecule has 0 bridgehead atoms. The lowest BCUT2D eigenvalue weighted by molar-refractivity contribution is -0.148. The Labute approximate surface area is 61.3 Å². The van der Waals surface area contributed by atoms with Crippen molar-refractivity contribution in [2.75, 3.05) is 14.2 Å². The van der Waals surface area contributed by atoms with Crippen LogP contribution in [0.2, 0.25) is 0 Å². The zero-order valence-corrected chi connectivity index (χ0v) is 6.88. The molecule has 0 aliphatic rings. The smallest absolute Gasteiger partial charge is 0.311 e. The second kappa shape index (κ2) is 4.28. The average Bonchev–Trinajstić information content (AvgIpc) is 2.00. The first-order chi connectivity index (χ1) is 4.63. The highest BCUT2D eigenvalue weighted by molar-refractivity contribution is 5.72. The predicted molar refractivity (Wildman–Crippen MR) is 37.7 cm³/mol. The van der Waals surface area contributed by atoms with Crippen LogP contribution in [0.1, 0.15) is 13.8 Å². The first-order valence-corrected chi connectivity index (χ1v) is 3.24. The van der Waals surface area contributed by atoms with Gasteiger partial charge in [-0.25, -0.2) is 0 Å². The maximum atomic E-state index is 10.8. The summed E-state index contributed by atoms with van der Waals surface area (Å²) in [6, 6.07) is 0. The number of ether oxygens (including phenoxy) is 2. The standard InChI is InChI=1S/C7H14O3/c1-5(6(2)9-3)7(8)10-4/h5-6H,1-4H3/t5-,6-/m0/s1. The molecule has 0 spiro atoms. The fourth-order valence-corrected chi connectivity index (χ4v) is 0.582. The molecular formula is C7H14O3. The third kappa shape index (κ3) is 2.35. The van der Waals surface area contributed by atoms with Crippen molar-refractivity contribution >= 4 is 5.97 Å². The number of esters is 1. The fourth-order valence-electron chi connectivity index (χ4n) is 0.582. The van der Waals surface area contributed by atoms with E-state index in [1.807, 2.05) is 6.92 Å². The van der Waals surface area contributed by atoms with Gasteiger partial charge in [0, 0.05) is 7.11 Å². The van der Waals surface area contributed by atoms with Gasteiger partial charge in [-0.1, -0.05) is 0 Å². The van der Waals surface area contributed by atoms with Gasteiger partial charge in [0.15, 0.2) is 0 Å². The predicted octanol–water partition coefficient (Wildman–Crippen LogP) is 0.830. The number of methoxy groups -OCH3 is 2. The summed E-state index contributed by atoms with van der Waals surface area (Å²) in [6.45, 7) is 3.61. The molecule has 2 atom stereocenters. The molecule has 0 saturated heterocycles. The molecule has 0 unspecified atom stereocenters. The molecule has 3 nitrogen and oxygen atoms in total. The van der Waals surface area contributed by atoms with E-state index in [4.69, 9.17) is 4.74 Å². The second-order valence-corrected chi connectivity index (χ2v) is 2.25. The Kier molecular flexibility index (Phi) is 4.03. The summed E-state index contributed by atoms with van der Waals surface area (Å²) in [5.74, 6) is -0.413. The highest BCUT2D eigenvalue weighted by Gasteiger charge is 2.19. The minimum Gasteiger partial charge on any atom is -0.469 e. The van der Waals surface area contributed by atoms with Gasteiger partial charge in [-0.15, -0.1) is 0 Å². The van der Waals surface area contributed by atoms with Crippen LogP contribution in [0.25, 0.3) is 0 Å². The summed E-state index contributed by atoms with van der Waals surface area (Å²) in [7, 11) is 2.95. The SMILES string of the molecule is COC(=O)[C@@H](C)[C@H](C)OC. The van der Waals surface area contributed by atoms with Crippen molar-refractivity contribution in [1.29, 1.82) is 0 Å². The molecular weight excluding hydrogens is 132 g/mol. The summed E-state index contributed by atoms with van der Waals surface area (Å²) in [6.07, 6.45) is -0.0764. The Bertz CT molecular complexity index is 111. The Morgan fingerprint density at radius 3 is 2.10 bits per heavy atom. The van der Waals surface area contributed by atoms with Crippen LogP contribution in [0.5, 0.6) is 0 Å². The normalized spacial score (nSPS) is 16.0. The number of carbonyl (C=O) groups is 1. The van der Waals surface area contributed by atoms with Crippen LogP contribution < -0.4 is 0 Å². The van der Waals surface area contributed by atoms with Crippen LogP contribution in [0.3, 0.4) is 0 Å². The molecule has 0 aliphatic heterocycles. The molecule has 60 valence electrons. The molecule has 0 amide bonds. The van der Waals surface area contributed by atoms with Crippen LogP contribution in [0, 0.1) is 5.92 Å². The third-order valence-corrected chi connectivity index (χ3v) is 1.65. The first-order valence-electron chi connectivity index (χ1n) is 3.24. The van der Waals surface area contributed by atoms with Gasteiger partial charge >= 0.3 is 5.97 Å². The summed E-state index contributed by atoms with van der Waals surface area (Å²) in [5, 5.41) is 0. The van der Waals surface area contributed by atoms with Crippen LogP contribution in [-0.2, 0) is 14.3 Å². The summed E-state index contributed by atoms with van der Waals surface area (Å²) < 4.78 is 9.45. The number of carbonyl (C=O) groups excluding carboxylic acids is 1. The zero-order chi connectivity index (χ0) is 8.15. The van der Waals surface area contributed by atoms with Crippen molar-refractivity contribution in [3.8, 4) is 0 Å². The second-order valence-electron chi connectivity index (χ2n) is 2.25. The van der Waals surface area contributed by atoms with Crippen molar-refractivity contribution in [1.82, 2.24) is 0 Å². The van der Waals surface area contributed by atoms with E-state index in [0.717, 1.165) is 0 Å². The molecule has 0 saturated carbocycles. The van der Waals surface area contributed by atoms with Crippen LogP contribution in [0.4, 0.5) is 0 Å². The van der Waals surface area contributed by atoms with E-state index in [1.165, 1.54) is 7.11 Å². The molecule has 0 aromatic carbocycles. The zero-order valence-electron chi connectivity index (χ0n) is 6.88. The molecule has 0 aromatic heterocycles. The topological polar surface area (TPSA) is 35.5 Å². The molecule has 10 heavy (non-hydrogen) atoms. The molecule has 0 fully saturated rings. The maximum absolute atomic E-state index is 10.8. The number of rotatable bonds is 3. The molecule has 0 aliphatic carbocycles. The fraction of sp³-hybridized carbons (Fsp3) is 0.857. The Morgan fingerprint density at radius 2 is 1.80 bits per heavy atom.